The predicted octanol–water partition coefficient (Wildman–Crippen LogP) is 3.36. The van der Waals surface area contributed by atoms with E-state index in [0.717, 1.165) is 5.57 Å². The fourth-order valence-electron chi connectivity index (χ4n) is 1.80. The van der Waals surface area contributed by atoms with E-state index in [1.807, 2.05) is 13.8 Å². The maximum absolute atomic E-state index is 10.8. The van der Waals surface area contributed by atoms with E-state index in [1.165, 1.54) is 5.57 Å². The molecule has 0 aromatic carbocycles. The van der Waals surface area contributed by atoms with E-state index < -0.39 is 0 Å². The van der Waals surface area contributed by atoms with Gasteiger partial charge in [-0.05, 0) is 17.8 Å². The van der Waals surface area contributed by atoms with Crippen LogP contribution in [-0.4, -0.2) is 6.29 Å². The summed E-state index contributed by atoms with van der Waals surface area (Å²) < 4.78 is 0. The lowest BCUT2D eigenvalue weighted by atomic mass is 9.84. The van der Waals surface area contributed by atoms with E-state index in [1.54, 1.807) is 0 Å². The van der Waals surface area contributed by atoms with Crippen molar-refractivity contribution >= 4 is 6.29 Å². The lowest BCUT2D eigenvalue weighted by molar-refractivity contribution is 0.545. The third-order valence-corrected chi connectivity index (χ3v) is 2.24. The molecule has 0 fully saturated rings. The smallest absolute Gasteiger partial charge is 0.229 e. The highest BCUT2D eigenvalue weighted by molar-refractivity contribution is 5.76. The zero-order valence-corrected chi connectivity index (χ0v) is 9.64. The van der Waals surface area contributed by atoms with Crippen LogP contribution >= 0.6 is 0 Å². The average molecular weight is 181 g/mol. The normalized spacial score (nSPS) is 11.2. The van der Waals surface area contributed by atoms with E-state index in [2.05, 4.69) is 34.0 Å². The van der Waals surface area contributed by atoms with Crippen LogP contribution in [0.4, 0.5) is 0 Å². The van der Waals surface area contributed by atoms with Gasteiger partial charge >= 0.3 is 0 Å². The Kier molecular flexibility index (Phi) is 4.97. The Morgan fingerprint density at radius 2 is 1.23 bits per heavy atom. The van der Waals surface area contributed by atoms with Crippen molar-refractivity contribution in [3.63, 3.8) is 0 Å². The molecule has 0 aromatic rings. The van der Waals surface area contributed by atoms with E-state index in [4.69, 9.17) is 0 Å². The molecule has 0 aromatic heterocycles. The summed E-state index contributed by atoms with van der Waals surface area (Å²) in [5, 5.41) is 0. The number of allylic oxidation sites excluding steroid dienone is 2. The van der Waals surface area contributed by atoms with Crippen LogP contribution in [0.15, 0.2) is 11.1 Å². The van der Waals surface area contributed by atoms with Crippen LogP contribution in [0.5, 0.6) is 0 Å². The van der Waals surface area contributed by atoms with Gasteiger partial charge in [0.1, 0.15) is 0 Å². The first-order valence-corrected chi connectivity index (χ1v) is 5.03. The van der Waals surface area contributed by atoms with Gasteiger partial charge in [-0.2, -0.15) is 0 Å². The highest BCUT2D eigenvalue weighted by Gasteiger charge is 2.16. The summed E-state index contributed by atoms with van der Waals surface area (Å²) in [6.07, 6.45) is 2.09. The number of hydrogen-bond acceptors (Lipinski definition) is 1. The summed E-state index contributed by atoms with van der Waals surface area (Å²) in [7, 11) is 0. The van der Waals surface area contributed by atoms with Crippen molar-refractivity contribution < 1.29 is 4.79 Å². The minimum Gasteiger partial charge on any atom is -0.285 e. The van der Waals surface area contributed by atoms with Crippen LogP contribution in [0.3, 0.4) is 0 Å². The minimum atomic E-state index is 0.289. The summed E-state index contributed by atoms with van der Waals surface area (Å²) in [5.41, 5.74) is 2.12. The first-order valence-electron chi connectivity index (χ1n) is 5.03. The molecule has 0 unspecified atom stereocenters. The second-order valence-corrected chi connectivity index (χ2v) is 4.44. The molecule has 0 aliphatic heterocycles. The van der Waals surface area contributed by atoms with Crippen molar-refractivity contribution in [1.29, 1.82) is 0 Å². The molecule has 0 N–H and O–H groups in total. The molecule has 0 aliphatic carbocycles. The first kappa shape index (κ1) is 12.4. The molecule has 0 amide bonds. The lowest BCUT2D eigenvalue weighted by Gasteiger charge is -2.20. The molecule has 1 heteroatoms. The number of hydrogen-bond donors (Lipinski definition) is 0. The zero-order valence-electron chi connectivity index (χ0n) is 9.64. The van der Waals surface area contributed by atoms with Crippen LogP contribution in [0.1, 0.15) is 41.5 Å². The first-order chi connectivity index (χ1) is 5.91. The van der Waals surface area contributed by atoms with Gasteiger partial charge in [0.25, 0.3) is 0 Å². The predicted molar refractivity (Wildman–Crippen MR) is 57.2 cm³/mol. The zero-order chi connectivity index (χ0) is 10.6. The van der Waals surface area contributed by atoms with Crippen molar-refractivity contribution in [3.05, 3.63) is 11.1 Å². The van der Waals surface area contributed by atoms with Crippen molar-refractivity contribution in [1.82, 2.24) is 0 Å². The fraction of sp³-hybridized carbons (Fsp3) is 0.750. The van der Waals surface area contributed by atoms with Crippen molar-refractivity contribution in [2.45, 2.75) is 41.5 Å². The summed E-state index contributed by atoms with van der Waals surface area (Å²) in [5.74, 6) is 1.18. The van der Waals surface area contributed by atoms with Crippen molar-refractivity contribution in [2.75, 3.05) is 0 Å². The molecule has 0 atom stereocenters. The van der Waals surface area contributed by atoms with E-state index >= 15 is 0 Å². The SMILES string of the molecule is CC(C)C([C]=O)=C(C(C)C)C(C)C. The molecule has 0 saturated carbocycles. The van der Waals surface area contributed by atoms with Crippen molar-refractivity contribution in [2.24, 2.45) is 17.8 Å². The molecule has 0 bridgehead atoms. The van der Waals surface area contributed by atoms with Gasteiger partial charge in [-0.3, -0.25) is 4.79 Å². The van der Waals surface area contributed by atoms with Gasteiger partial charge in [-0.25, -0.2) is 0 Å². The molecule has 0 heterocycles. The summed E-state index contributed by atoms with van der Waals surface area (Å²) in [4.78, 5) is 10.8. The van der Waals surface area contributed by atoms with Crippen LogP contribution in [0.25, 0.3) is 0 Å². The van der Waals surface area contributed by atoms with E-state index in [-0.39, 0.29) is 5.92 Å². The number of rotatable bonds is 4. The molecule has 1 radical (unpaired) electrons. The third kappa shape index (κ3) is 3.33. The Labute approximate surface area is 82.2 Å². The maximum atomic E-state index is 10.8. The molecule has 13 heavy (non-hydrogen) atoms. The van der Waals surface area contributed by atoms with E-state index in [0.29, 0.717) is 11.8 Å². The summed E-state index contributed by atoms with van der Waals surface area (Å²) in [6, 6.07) is 0. The van der Waals surface area contributed by atoms with Crippen LogP contribution < -0.4 is 0 Å². The highest BCUT2D eigenvalue weighted by atomic mass is 16.1. The lowest BCUT2D eigenvalue weighted by Crippen LogP contribution is -2.11. The number of carbonyl (C=O) groups excluding carboxylic acids is 1. The second-order valence-electron chi connectivity index (χ2n) is 4.44. The van der Waals surface area contributed by atoms with Gasteiger partial charge in [-0.1, -0.05) is 47.1 Å². The van der Waals surface area contributed by atoms with E-state index in [9.17, 15) is 4.79 Å². The Bertz CT molecular complexity index is 187. The topological polar surface area (TPSA) is 17.1 Å². The Balaban J connectivity index is 5.13. The minimum absolute atomic E-state index is 0.289. The monoisotopic (exact) mass is 181 g/mol. The second kappa shape index (κ2) is 5.21. The van der Waals surface area contributed by atoms with Crippen molar-refractivity contribution in [3.8, 4) is 0 Å². The van der Waals surface area contributed by atoms with Gasteiger partial charge in [-0.15, -0.1) is 0 Å². The molecule has 0 spiro atoms. The largest absolute Gasteiger partial charge is 0.285 e. The van der Waals surface area contributed by atoms with Crippen LogP contribution in [-0.2, 0) is 4.79 Å². The Hall–Kier alpha value is -0.590. The molecular formula is C12H21O. The quantitative estimate of drug-likeness (QED) is 0.608. The highest BCUT2D eigenvalue weighted by Crippen LogP contribution is 2.26. The van der Waals surface area contributed by atoms with Gasteiger partial charge in [0.05, 0.1) is 0 Å². The Morgan fingerprint density at radius 3 is 1.31 bits per heavy atom. The fourth-order valence-corrected chi connectivity index (χ4v) is 1.80. The summed E-state index contributed by atoms with van der Waals surface area (Å²) in [6.45, 7) is 12.6. The Morgan fingerprint density at radius 1 is 0.846 bits per heavy atom. The molecule has 0 rings (SSSR count). The average Bonchev–Trinajstić information content (AvgIpc) is 1.97. The standard InChI is InChI=1S/C12H21O/c1-8(2)11(7-13)12(9(3)4)10(5)6/h8-10H,1-6H3. The van der Waals surface area contributed by atoms with Crippen LogP contribution in [0, 0.1) is 17.8 Å². The van der Waals surface area contributed by atoms with Gasteiger partial charge in [0.15, 0.2) is 0 Å². The van der Waals surface area contributed by atoms with Crippen LogP contribution in [0.2, 0.25) is 0 Å². The summed E-state index contributed by atoms with van der Waals surface area (Å²) >= 11 is 0. The van der Waals surface area contributed by atoms with Gasteiger partial charge in [0.2, 0.25) is 6.29 Å². The molecule has 1 nitrogen and oxygen atoms in total. The molecule has 0 aliphatic rings. The third-order valence-electron chi connectivity index (χ3n) is 2.24. The van der Waals surface area contributed by atoms with Gasteiger partial charge in [0, 0.05) is 5.57 Å². The maximum Gasteiger partial charge on any atom is 0.229 e. The molecule has 75 valence electrons. The van der Waals surface area contributed by atoms with Gasteiger partial charge < -0.3 is 0 Å². The molecular weight excluding hydrogens is 160 g/mol. The molecule has 0 saturated heterocycles.